The van der Waals surface area contributed by atoms with E-state index in [1.165, 1.54) is 32.4 Å². The average molecular weight is 441 g/mol. The fraction of sp³-hybridized carbons (Fsp3) is 0.286. The number of hydrogen-bond donors (Lipinski definition) is 1. The molecular formula is C21H20FN5O5. The smallest absolute Gasteiger partial charge is 0.263 e. The highest BCUT2D eigenvalue weighted by atomic mass is 19.1. The summed E-state index contributed by atoms with van der Waals surface area (Å²) in [4.78, 5) is 39.4. The van der Waals surface area contributed by atoms with Crippen molar-refractivity contribution in [2.75, 3.05) is 31.0 Å². The molecule has 2 aliphatic rings. The van der Waals surface area contributed by atoms with Gasteiger partial charge in [0, 0.05) is 11.8 Å². The second-order valence-corrected chi connectivity index (χ2v) is 7.26. The molecule has 0 unspecified atom stereocenters. The molecule has 0 bridgehead atoms. The molecule has 1 saturated heterocycles. The lowest BCUT2D eigenvalue weighted by Crippen LogP contribution is -2.43. The molecule has 166 valence electrons. The van der Waals surface area contributed by atoms with E-state index in [9.17, 15) is 18.8 Å². The molecule has 2 heterocycles. The van der Waals surface area contributed by atoms with Crippen LogP contribution in [-0.2, 0) is 14.4 Å². The van der Waals surface area contributed by atoms with Crippen molar-refractivity contribution in [3.8, 4) is 11.5 Å². The van der Waals surface area contributed by atoms with Gasteiger partial charge in [0.25, 0.3) is 11.8 Å². The Morgan fingerprint density at radius 2 is 1.84 bits per heavy atom. The molecule has 0 spiro atoms. The number of fused-ring (bicyclic) bond motifs is 1. The summed E-state index contributed by atoms with van der Waals surface area (Å²) >= 11 is 0. The molecule has 1 fully saturated rings. The summed E-state index contributed by atoms with van der Waals surface area (Å²) in [5, 5.41) is 11.4. The third kappa shape index (κ3) is 3.61. The van der Waals surface area contributed by atoms with E-state index in [4.69, 9.17) is 9.47 Å². The number of ether oxygens (including phenoxy) is 2. The minimum Gasteiger partial charge on any atom is -0.493 e. The average Bonchev–Trinajstić information content (AvgIpc) is 3.29. The molecule has 2 atom stereocenters. The Bertz CT molecular complexity index is 1140. The van der Waals surface area contributed by atoms with Crippen LogP contribution in [0, 0.1) is 12.7 Å². The Morgan fingerprint density at radius 1 is 1.09 bits per heavy atom. The summed E-state index contributed by atoms with van der Waals surface area (Å²) in [6.07, 6.45) is 0. The van der Waals surface area contributed by atoms with Crippen molar-refractivity contribution >= 4 is 29.1 Å². The summed E-state index contributed by atoms with van der Waals surface area (Å²) in [5.74, 6) is -1.30. The van der Waals surface area contributed by atoms with Crippen molar-refractivity contribution in [2.45, 2.75) is 19.0 Å². The highest BCUT2D eigenvalue weighted by Crippen LogP contribution is 2.36. The SMILES string of the molecule is COc1ccc(N2C(=O)[C@H]3N=NN(CC(=O)Nc4ccc(C)c(F)c4)[C@@H]3C2=O)cc1OC. The van der Waals surface area contributed by atoms with Crippen molar-refractivity contribution in [1.82, 2.24) is 5.01 Å². The van der Waals surface area contributed by atoms with Crippen molar-refractivity contribution in [3.05, 3.63) is 47.8 Å². The summed E-state index contributed by atoms with van der Waals surface area (Å²) in [7, 11) is 2.92. The van der Waals surface area contributed by atoms with E-state index in [1.807, 2.05) is 0 Å². The van der Waals surface area contributed by atoms with E-state index in [-0.39, 0.29) is 12.2 Å². The maximum absolute atomic E-state index is 13.7. The summed E-state index contributed by atoms with van der Waals surface area (Å²) in [6, 6.07) is 6.84. The maximum Gasteiger partial charge on any atom is 0.263 e. The number of nitrogens with zero attached hydrogens (tertiary/aromatic N) is 4. The second-order valence-electron chi connectivity index (χ2n) is 7.26. The van der Waals surface area contributed by atoms with E-state index >= 15 is 0 Å². The first-order chi connectivity index (χ1) is 15.3. The molecule has 0 aliphatic carbocycles. The van der Waals surface area contributed by atoms with Gasteiger partial charge in [-0.3, -0.25) is 19.4 Å². The van der Waals surface area contributed by atoms with Crippen LogP contribution in [0.3, 0.4) is 0 Å². The lowest BCUT2D eigenvalue weighted by Gasteiger charge is -2.20. The fourth-order valence-electron chi connectivity index (χ4n) is 3.59. The zero-order chi connectivity index (χ0) is 23.0. The number of carbonyl (C=O) groups is 3. The standard InChI is InChI=1S/C21H20FN5O5/c1-11-4-5-12(8-14(11)22)23-17(28)10-26-19-18(24-25-26)20(29)27(21(19)30)13-6-7-15(31-2)16(9-13)32-3/h4-9,18-19H,10H2,1-3H3,(H,23,28)/t18-,19-/m0/s1. The predicted octanol–water partition coefficient (Wildman–Crippen LogP) is 2.08. The molecule has 3 amide bonds. The van der Waals surface area contributed by atoms with Gasteiger partial charge in [0.2, 0.25) is 5.91 Å². The molecule has 0 aromatic heterocycles. The van der Waals surface area contributed by atoms with E-state index < -0.39 is 35.6 Å². The minimum absolute atomic E-state index is 0.270. The zero-order valence-electron chi connectivity index (χ0n) is 17.5. The van der Waals surface area contributed by atoms with Crippen LogP contribution in [0.15, 0.2) is 46.7 Å². The van der Waals surface area contributed by atoms with Crippen LogP contribution < -0.4 is 19.7 Å². The van der Waals surface area contributed by atoms with Crippen LogP contribution in [0.25, 0.3) is 0 Å². The summed E-state index contributed by atoms with van der Waals surface area (Å²) in [5.41, 5.74) is 1.01. The van der Waals surface area contributed by atoms with Crippen LogP contribution in [0.4, 0.5) is 15.8 Å². The lowest BCUT2D eigenvalue weighted by atomic mass is 10.1. The first-order valence-electron chi connectivity index (χ1n) is 9.67. The Labute approximate surface area is 182 Å². The van der Waals surface area contributed by atoms with E-state index in [1.54, 1.807) is 25.1 Å². The number of benzene rings is 2. The minimum atomic E-state index is -1.06. The van der Waals surface area contributed by atoms with E-state index in [0.29, 0.717) is 22.7 Å². The number of halogens is 1. The van der Waals surface area contributed by atoms with Crippen LogP contribution in [-0.4, -0.2) is 55.6 Å². The molecule has 4 rings (SSSR count). The lowest BCUT2D eigenvalue weighted by molar-refractivity contribution is -0.123. The Morgan fingerprint density at radius 3 is 2.53 bits per heavy atom. The number of hydrogen-bond acceptors (Lipinski definition) is 8. The highest BCUT2D eigenvalue weighted by Gasteiger charge is 2.55. The Hall–Kier alpha value is -4.02. The van der Waals surface area contributed by atoms with Crippen molar-refractivity contribution in [2.24, 2.45) is 10.3 Å². The first kappa shape index (κ1) is 21.2. The third-order valence-corrected chi connectivity index (χ3v) is 5.24. The van der Waals surface area contributed by atoms with Gasteiger partial charge >= 0.3 is 0 Å². The molecule has 1 N–H and O–H groups in total. The van der Waals surface area contributed by atoms with Crippen LogP contribution >= 0.6 is 0 Å². The number of anilines is 2. The van der Waals surface area contributed by atoms with Crippen molar-refractivity contribution in [1.29, 1.82) is 0 Å². The normalized spacial score (nSPS) is 19.4. The van der Waals surface area contributed by atoms with Crippen molar-refractivity contribution < 1.29 is 28.2 Å². The van der Waals surface area contributed by atoms with Gasteiger partial charge in [-0.25, -0.2) is 9.29 Å². The fourth-order valence-corrected chi connectivity index (χ4v) is 3.59. The number of rotatable bonds is 6. The van der Waals surface area contributed by atoms with Crippen LogP contribution in [0.1, 0.15) is 5.56 Å². The molecule has 0 radical (unpaired) electrons. The number of imide groups is 1. The summed E-state index contributed by atoms with van der Waals surface area (Å²) < 4.78 is 24.1. The number of aryl methyl sites for hydroxylation is 1. The number of amides is 3. The predicted molar refractivity (Wildman–Crippen MR) is 111 cm³/mol. The maximum atomic E-state index is 13.7. The second kappa shape index (κ2) is 8.25. The van der Waals surface area contributed by atoms with E-state index in [2.05, 4.69) is 15.7 Å². The monoisotopic (exact) mass is 441 g/mol. The van der Waals surface area contributed by atoms with Crippen LogP contribution in [0.5, 0.6) is 11.5 Å². The molecule has 2 aromatic carbocycles. The van der Waals surface area contributed by atoms with Gasteiger partial charge in [0.05, 0.1) is 19.9 Å². The summed E-state index contributed by atoms with van der Waals surface area (Å²) in [6.45, 7) is 1.28. The molecule has 2 aromatic rings. The molecule has 11 heteroatoms. The Balaban J connectivity index is 1.50. The Kier molecular flexibility index (Phi) is 5.47. The first-order valence-corrected chi connectivity index (χ1v) is 9.67. The van der Waals surface area contributed by atoms with Crippen LogP contribution in [0.2, 0.25) is 0 Å². The topological polar surface area (TPSA) is 113 Å². The molecule has 10 nitrogen and oxygen atoms in total. The molecule has 0 saturated carbocycles. The van der Waals surface area contributed by atoms with Gasteiger partial charge in [-0.1, -0.05) is 11.3 Å². The van der Waals surface area contributed by atoms with Gasteiger partial charge in [-0.2, -0.15) is 5.11 Å². The molecule has 32 heavy (non-hydrogen) atoms. The van der Waals surface area contributed by atoms with Gasteiger partial charge < -0.3 is 14.8 Å². The largest absolute Gasteiger partial charge is 0.493 e. The van der Waals surface area contributed by atoms with E-state index in [0.717, 1.165) is 9.91 Å². The zero-order valence-corrected chi connectivity index (χ0v) is 17.5. The number of nitrogens with one attached hydrogen (secondary N) is 1. The number of carbonyl (C=O) groups excluding carboxylic acids is 3. The highest BCUT2D eigenvalue weighted by molar-refractivity contribution is 6.25. The quantitative estimate of drug-likeness (QED) is 0.687. The molecular weight excluding hydrogens is 421 g/mol. The molecule has 2 aliphatic heterocycles. The van der Waals surface area contributed by atoms with Crippen molar-refractivity contribution in [3.63, 3.8) is 0 Å². The van der Waals surface area contributed by atoms with Gasteiger partial charge in [-0.05, 0) is 36.8 Å². The van der Waals surface area contributed by atoms with Gasteiger partial charge in [0.1, 0.15) is 12.4 Å². The number of methoxy groups -OCH3 is 2. The van der Waals surface area contributed by atoms with Gasteiger partial charge in [-0.15, -0.1) is 0 Å². The van der Waals surface area contributed by atoms with Gasteiger partial charge in [0.15, 0.2) is 23.6 Å². The third-order valence-electron chi connectivity index (χ3n) is 5.24.